The lowest BCUT2D eigenvalue weighted by Crippen LogP contribution is -2.13. The summed E-state index contributed by atoms with van der Waals surface area (Å²) >= 11 is 6.44. The van der Waals surface area contributed by atoms with Gasteiger partial charge in [-0.15, -0.1) is 0 Å². The van der Waals surface area contributed by atoms with Crippen molar-refractivity contribution >= 4 is 34.3 Å². The minimum Gasteiger partial charge on any atom is -0.441 e. The Morgan fingerprint density at radius 3 is 2.69 bits per heavy atom. The molecule has 1 N–H and O–H groups in total. The number of hydrogen-bond acceptors (Lipinski definition) is 4. The van der Waals surface area contributed by atoms with E-state index in [1.807, 2.05) is 30.3 Å². The summed E-state index contributed by atoms with van der Waals surface area (Å²) in [5, 5.41) is 7.51. The second kappa shape index (κ2) is 6.31. The number of carbonyl (C=O) groups excluding carboxylic acids is 1. The average Bonchev–Trinajstić information content (AvgIpc) is 3.13. The molecule has 6 nitrogen and oxygen atoms in total. The Morgan fingerprint density at radius 2 is 1.92 bits per heavy atom. The number of anilines is 1. The van der Waals surface area contributed by atoms with E-state index in [4.69, 9.17) is 16.0 Å². The molecule has 0 saturated heterocycles. The van der Waals surface area contributed by atoms with E-state index in [1.165, 1.54) is 0 Å². The van der Waals surface area contributed by atoms with Crippen molar-refractivity contribution in [3.8, 4) is 5.69 Å². The number of oxazole rings is 1. The van der Waals surface area contributed by atoms with E-state index in [2.05, 4.69) is 15.4 Å². The molecule has 0 bridgehead atoms. The van der Waals surface area contributed by atoms with Crippen LogP contribution in [0.1, 0.15) is 21.9 Å². The first-order valence-corrected chi connectivity index (χ1v) is 8.40. The van der Waals surface area contributed by atoms with Crippen LogP contribution in [0.5, 0.6) is 0 Å². The molecule has 0 spiro atoms. The van der Waals surface area contributed by atoms with Gasteiger partial charge in [-0.25, -0.2) is 9.67 Å². The molecule has 0 fully saturated rings. The molecule has 26 heavy (non-hydrogen) atoms. The van der Waals surface area contributed by atoms with Crippen molar-refractivity contribution in [1.29, 1.82) is 0 Å². The predicted molar refractivity (Wildman–Crippen MR) is 100 cm³/mol. The number of para-hydroxylation sites is 1. The minimum absolute atomic E-state index is 0.268. The summed E-state index contributed by atoms with van der Waals surface area (Å²) in [4.78, 5) is 17.0. The zero-order chi connectivity index (χ0) is 18.3. The Morgan fingerprint density at radius 1 is 1.15 bits per heavy atom. The average molecular weight is 367 g/mol. The van der Waals surface area contributed by atoms with Crippen LogP contribution in [0, 0.1) is 13.8 Å². The maximum atomic E-state index is 12.7. The number of rotatable bonds is 3. The Hall–Kier alpha value is -3.12. The highest BCUT2D eigenvalue weighted by Gasteiger charge is 2.21. The summed E-state index contributed by atoms with van der Waals surface area (Å²) in [6.07, 6.45) is 0. The molecule has 2 heterocycles. The van der Waals surface area contributed by atoms with Crippen molar-refractivity contribution in [3.63, 3.8) is 0 Å². The summed E-state index contributed by atoms with van der Waals surface area (Å²) in [5.74, 6) is 0.251. The minimum atomic E-state index is -0.325. The molecule has 0 aliphatic rings. The van der Waals surface area contributed by atoms with E-state index < -0.39 is 0 Å². The van der Waals surface area contributed by atoms with Gasteiger partial charge in [0.15, 0.2) is 11.5 Å². The molecule has 4 aromatic rings. The summed E-state index contributed by atoms with van der Waals surface area (Å²) in [6.45, 7) is 3.53. The van der Waals surface area contributed by atoms with Gasteiger partial charge in [-0.3, -0.25) is 4.79 Å². The summed E-state index contributed by atoms with van der Waals surface area (Å²) in [7, 11) is 0. The zero-order valence-corrected chi connectivity index (χ0v) is 14.9. The fourth-order valence-corrected chi connectivity index (χ4v) is 3.17. The van der Waals surface area contributed by atoms with Gasteiger partial charge in [-0.1, -0.05) is 29.8 Å². The van der Waals surface area contributed by atoms with E-state index in [-0.39, 0.29) is 11.1 Å². The molecular weight excluding hydrogens is 352 g/mol. The monoisotopic (exact) mass is 366 g/mol. The highest BCUT2D eigenvalue weighted by Crippen LogP contribution is 2.25. The van der Waals surface area contributed by atoms with Gasteiger partial charge in [-0.2, -0.15) is 5.10 Å². The summed E-state index contributed by atoms with van der Waals surface area (Å²) in [6, 6.07) is 14.7. The molecule has 0 aliphatic heterocycles. The lowest BCUT2D eigenvalue weighted by Gasteiger charge is -2.05. The van der Waals surface area contributed by atoms with Crippen molar-refractivity contribution in [2.75, 3.05) is 5.32 Å². The number of amides is 1. The lowest BCUT2D eigenvalue weighted by atomic mass is 10.2. The summed E-state index contributed by atoms with van der Waals surface area (Å²) < 4.78 is 7.00. The van der Waals surface area contributed by atoms with Crippen molar-refractivity contribution in [1.82, 2.24) is 14.8 Å². The fraction of sp³-hybridized carbons (Fsp3) is 0.105. The first-order chi connectivity index (χ1) is 12.5. The molecule has 2 aromatic heterocycles. The molecule has 4 rings (SSSR count). The van der Waals surface area contributed by atoms with E-state index >= 15 is 0 Å². The van der Waals surface area contributed by atoms with Crippen LogP contribution in [0.25, 0.3) is 16.8 Å². The number of carbonyl (C=O) groups is 1. The standard InChI is InChI=1S/C19H15ClN4O2/c1-11-17(18(20)24(23-11)14-6-4-3-5-7-14)19(25)22-13-8-9-16-15(10-13)21-12(2)26-16/h3-10H,1-2H3,(H,22,25). The van der Waals surface area contributed by atoms with Crippen LogP contribution in [-0.2, 0) is 0 Å². The van der Waals surface area contributed by atoms with Gasteiger partial charge in [0.05, 0.1) is 11.4 Å². The number of nitrogens with zero attached hydrogens (tertiary/aromatic N) is 3. The second-order valence-electron chi connectivity index (χ2n) is 5.87. The first-order valence-electron chi connectivity index (χ1n) is 8.02. The van der Waals surface area contributed by atoms with Crippen LogP contribution >= 0.6 is 11.6 Å². The van der Waals surface area contributed by atoms with Gasteiger partial charge < -0.3 is 9.73 Å². The van der Waals surface area contributed by atoms with Gasteiger partial charge in [-0.05, 0) is 37.3 Å². The van der Waals surface area contributed by atoms with Crippen molar-refractivity contribution in [2.45, 2.75) is 13.8 Å². The Kier molecular flexibility index (Phi) is 3.97. The van der Waals surface area contributed by atoms with E-state index in [9.17, 15) is 4.79 Å². The maximum absolute atomic E-state index is 12.7. The number of halogens is 1. The molecule has 7 heteroatoms. The lowest BCUT2D eigenvalue weighted by molar-refractivity contribution is 0.102. The van der Waals surface area contributed by atoms with E-state index in [1.54, 1.807) is 36.7 Å². The first kappa shape index (κ1) is 16.4. The highest BCUT2D eigenvalue weighted by molar-refractivity contribution is 6.34. The number of aryl methyl sites for hydroxylation is 2. The van der Waals surface area contributed by atoms with Crippen molar-refractivity contribution in [2.24, 2.45) is 0 Å². The molecule has 0 unspecified atom stereocenters. The van der Waals surface area contributed by atoms with Gasteiger partial charge >= 0.3 is 0 Å². The van der Waals surface area contributed by atoms with E-state index in [0.29, 0.717) is 33.9 Å². The number of fused-ring (bicyclic) bond motifs is 1. The van der Waals surface area contributed by atoms with Crippen LogP contribution in [0.3, 0.4) is 0 Å². The van der Waals surface area contributed by atoms with Crippen LogP contribution in [0.15, 0.2) is 52.9 Å². The quantitative estimate of drug-likeness (QED) is 0.578. The largest absolute Gasteiger partial charge is 0.441 e. The third-order valence-electron chi connectivity index (χ3n) is 3.98. The number of benzene rings is 2. The van der Waals surface area contributed by atoms with Crippen molar-refractivity contribution < 1.29 is 9.21 Å². The zero-order valence-electron chi connectivity index (χ0n) is 14.2. The van der Waals surface area contributed by atoms with E-state index in [0.717, 1.165) is 5.69 Å². The molecule has 130 valence electrons. The Bertz CT molecular complexity index is 1120. The third kappa shape index (κ3) is 2.84. The smallest absolute Gasteiger partial charge is 0.260 e. The molecule has 0 radical (unpaired) electrons. The normalized spacial score (nSPS) is 11.0. The topological polar surface area (TPSA) is 73.0 Å². The molecule has 2 aromatic carbocycles. The SMILES string of the molecule is Cc1nc2cc(NC(=O)c3c(C)nn(-c4ccccc4)c3Cl)ccc2o1. The van der Waals surface area contributed by atoms with Crippen LogP contribution in [0.4, 0.5) is 5.69 Å². The number of aromatic nitrogens is 3. The fourth-order valence-electron chi connectivity index (χ4n) is 2.81. The van der Waals surface area contributed by atoms with Gasteiger partial charge in [0.1, 0.15) is 16.2 Å². The number of hydrogen-bond donors (Lipinski definition) is 1. The highest BCUT2D eigenvalue weighted by atomic mass is 35.5. The van der Waals surface area contributed by atoms with Gasteiger partial charge in [0.2, 0.25) is 0 Å². The van der Waals surface area contributed by atoms with Crippen LogP contribution in [0.2, 0.25) is 5.15 Å². The molecule has 0 atom stereocenters. The van der Waals surface area contributed by atoms with Crippen LogP contribution < -0.4 is 5.32 Å². The second-order valence-corrected chi connectivity index (χ2v) is 6.23. The number of nitrogens with one attached hydrogen (secondary N) is 1. The van der Waals surface area contributed by atoms with Gasteiger partial charge in [0, 0.05) is 12.6 Å². The van der Waals surface area contributed by atoms with Gasteiger partial charge in [0.25, 0.3) is 5.91 Å². The maximum Gasteiger partial charge on any atom is 0.260 e. The van der Waals surface area contributed by atoms with Crippen LogP contribution in [-0.4, -0.2) is 20.7 Å². The Labute approximate surface area is 154 Å². The molecule has 1 amide bonds. The predicted octanol–water partition coefficient (Wildman–Crippen LogP) is 4.54. The molecule has 0 saturated carbocycles. The molecule has 0 aliphatic carbocycles. The molecular formula is C19H15ClN4O2. The third-order valence-corrected chi connectivity index (χ3v) is 4.33. The van der Waals surface area contributed by atoms with Crippen molar-refractivity contribution in [3.05, 3.63) is 70.8 Å². The summed E-state index contributed by atoms with van der Waals surface area (Å²) in [5.41, 5.74) is 3.65. The Balaban J connectivity index is 1.66.